The molecule has 2 heterocycles. The van der Waals surface area contributed by atoms with Crippen molar-refractivity contribution in [2.75, 3.05) is 9.96 Å². The Morgan fingerprint density at radius 3 is 1.64 bits per heavy atom. The van der Waals surface area contributed by atoms with Gasteiger partial charge in [-0.2, -0.15) is 15.3 Å². The van der Waals surface area contributed by atoms with E-state index in [1.165, 1.54) is 41.5 Å². The zero-order chi connectivity index (χ0) is 40.3. The highest BCUT2D eigenvalue weighted by molar-refractivity contribution is 6.34. The maximum absolute atomic E-state index is 13.1. The van der Waals surface area contributed by atoms with Crippen molar-refractivity contribution in [3.8, 4) is 11.5 Å². The van der Waals surface area contributed by atoms with Crippen LogP contribution in [0.3, 0.4) is 0 Å². The molecule has 0 saturated carbocycles. The number of azo groups is 1. The van der Waals surface area contributed by atoms with Crippen LogP contribution < -0.4 is 9.96 Å². The number of benzene rings is 6. The van der Waals surface area contributed by atoms with Crippen molar-refractivity contribution in [2.45, 2.75) is 19.8 Å². The van der Waals surface area contributed by atoms with Crippen LogP contribution in [0.15, 0.2) is 144 Å². The number of rotatable bonds is 10. The summed E-state index contributed by atoms with van der Waals surface area (Å²) in [6.07, 6.45) is 0. The molecule has 3 amide bonds. The summed E-state index contributed by atoms with van der Waals surface area (Å²) in [4.78, 5) is 71.8. The Bertz CT molecular complexity index is 2660. The van der Waals surface area contributed by atoms with Gasteiger partial charge in [-0.25, -0.2) is 14.5 Å². The molecule has 0 spiro atoms. The highest BCUT2D eigenvalue weighted by Gasteiger charge is 2.36. The molecule has 0 bridgehead atoms. The van der Waals surface area contributed by atoms with Gasteiger partial charge in [-0.3, -0.25) is 19.2 Å². The summed E-state index contributed by atoms with van der Waals surface area (Å²) in [7, 11) is 0. The third-order valence-corrected chi connectivity index (χ3v) is 9.31. The Kier molecular flexibility index (Phi) is 9.97. The van der Waals surface area contributed by atoms with Crippen LogP contribution in [0.4, 0.5) is 22.7 Å². The molecule has 286 valence electrons. The Labute approximate surface area is 329 Å². The topological polar surface area (TPSA) is 185 Å². The zero-order valence-electron chi connectivity index (χ0n) is 30.3. The number of ether oxygens (including phenoxy) is 2. The third kappa shape index (κ3) is 7.37. The maximum Gasteiger partial charge on any atom is 0.342 e. The maximum atomic E-state index is 13.1. The van der Waals surface area contributed by atoms with Crippen LogP contribution in [-0.4, -0.2) is 39.9 Å². The summed E-state index contributed by atoms with van der Waals surface area (Å²) in [5.41, 5.74) is 3.69. The van der Waals surface area contributed by atoms with Gasteiger partial charge >= 0.3 is 11.9 Å². The molecule has 0 atom stereocenters. The molecule has 14 heteroatoms. The lowest BCUT2D eigenvalue weighted by Gasteiger charge is -2.27. The number of carbonyl (C=O) groups is 5. The molecular formula is C44H30N4O10. The standard InChI is InChI=1S/C44H30N4O10/c49-38-17-15-29(21-36(38)43(54)56-23-26-7-5-10-31(19-26)47-40(51)34-13-3-4-14-35(34)41(47)52)45-46-30-16-18-39(50)37(22-30)44(55)57-24-27-8-6-11-32(20-27)48-42(53)33-12-2-1-9-28(33)25-58-48/h1-22,49-50H,23-25H2/b46-45+. The van der Waals surface area contributed by atoms with Gasteiger partial charge in [-0.05, 0) is 95.6 Å². The van der Waals surface area contributed by atoms with Crippen molar-refractivity contribution in [2.24, 2.45) is 10.2 Å². The van der Waals surface area contributed by atoms with Crippen LogP contribution in [0, 0.1) is 0 Å². The van der Waals surface area contributed by atoms with Gasteiger partial charge < -0.3 is 19.7 Å². The first kappa shape index (κ1) is 37.0. The van der Waals surface area contributed by atoms with Crippen LogP contribution in [0.2, 0.25) is 0 Å². The minimum atomic E-state index is -0.874. The fraction of sp³-hybridized carbons (Fsp3) is 0.0682. The van der Waals surface area contributed by atoms with Crippen molar-refractivity contribution in [1.29, 1.82) is 0 Å². The SMILES string of the molecule is O=C(OCc1cccc(N2OCc3ccccc3C2=O)c1)c1cc(/N=N/c2ccc(O)c(C(=O)OCc3cccc(N4C(=O)c5ccccc5C4=O)c3)c2)ccc1O. The van der Waals surface area contributed by atoms with Gasteiger partial charge in [0.15, 0.2) is 0 Å². The monoisotopic (exact) mass is 774 g/mol. The van der Waals surface area contributed by atoms with Gasteiger partial charge in [0.2, 0.25) is 0 Å². The first-order valence-corrected chi connectivity index (χ1v) is 17.8. The molecule has 6 aromatic rings. The van der Waals surface area contributed by atoms with Crippen molar-refractivity contribution < 1.29 is 48.5 Å². The van der Waals surface area contributed by atoms with E-state index in [1.54, 1.807) is 84.9 Å². The normalized spacial score (nSPS) is 13.4. The number of carbonyl (C=O) groups excluding carboxylic acids is 5. The van der Waals surface area contributed by atoms with E-state index in [2.05, 4.69) is 10.2 Å². The van der Waals surface area contributed by atoms with E-state index < -0.39 is 23.8 Å². The van der Waals surface area contributed by atoms with Crippen LogP contribution in [-0.2, 0) is 34.1 Å². The number of fused-ring (bicyclic) bond motifs is 2. The lowest BCUT2D eigenvalue weighted by atomic mass is 10.1. The fourth-order valence-electron chi connectivity index (χ4n) is 6.40. The number of nitrogens with zero attached hydrogens (tertiary/aromatic N) is 4. The average molecular weight is 775 g/mol. The van der Waals surface area contributed by atoms with Crippen molar-refractivity contribution in [3.63, 3.8) is 0 Å². The molecule has 0 radical (unpaired) electrons. The molecule has 6 aromatic carbocycles. The van der Waals surface area contributed by atoms with Gasteiger partial charge in [0.25, 0.3) is 17.7 Å². The van der Waals surface area contributed by atoms with E-state index in [1.807, 2.05) is 12.1 Å². The second kappa shape index (κ2) is 15.6. The van der Waals surface area contributed by atoms with Gasteiger partial charge in [-0.15, -0.1) is 0 Å². The zero-order valence-corrected chi connectivity index (χ0v) is 30.3. The van der Waals surface area contributed by atoms with Gasteiger partial charge in [0.05, 0.1) is 33.9 Å². The minimum absolute atomic E-state index is 0.161. The highest BCUT2D eigenvalue weighted by atomic mass is 16.7. The smallest absolute Gasteiger partial charge is 0.342 e. The first-order chi connectivity index (χ1) is 28.1. The number of phenolic OH excluding ortho intramolecular Hbond substituents is 2. The van der Waals surface area contributed by atoms with E-state index in [4.69, 9.17) is 14.3 Å². The molecular weight excluding hydrogens is 745 g/mol. The number of esters is 2. The number of aromatic hydroxyl groups is 2. The third-order valence-electron chi connectivity index (χ3n) is 9.31. The Morgan fingerprint density at radius 1 is 0.569 bits per heavy atom. The Hall–Kier alpha value is -7.97. The highest BCUT2D eigenvalue weighted by Crippen LogP contribution is 2.32. The summed E-state index contributed by atoms with van der Waals surface area (Å²) in [5, 5.41) is 30.4. The Balaban J connectivity index is 0.897. The first-order valence-electron chi connectivity index (χ1n) is 17.8. The van der Waals surface area contributed by atoms with Crippen LogP contribution >= 0.6 is 0 Å². The summed E-state index contributed by atoms with van der Waals surface area (Å²) >= 11 is 0. The molecule has 0 aliphatic carbocycles. The molecule has 2 aliphatic rings. The number of hydroxylamine groups is 1. The average Bonchev–Trinajstić information content (AvgIpc) is 3.51. The van der Waals surface area contributed by atoms with Gasteiger partial charge in [-0.1, -0.05) is 54.6 Å². The number of hydrogen-bond acceptors (Lipinski definition) is 12. The van der Waals surface area contributed by atoms with E-state index >= 15 is 0 Å². The molecule has 2 N–H and O–H groups in total. The number of imide groups is 1. The van der Waals surface area contributed by atoms with E-state index in [-0.39, 0.29) is 59.7 Å². The number of amides is 3. The van der Waals surface area contributed by atoms with Crippen LogP contribution in [0.5, 0.6) is 11.5 Å². The fourth-order valence-corrected chi connectivity index (χ4v) is 6.40. The summed E-state index contributed by atoms with van der Waals surface area (Å²) < 4.78 is 10.9. The predicted octanol–water partition coefficient (Wildman–Crippen LogP) is 8.12. The number of phenols is 2. The van der Waals surface area contributed by atoms with Crippen molar-refractivity contribution >= 4 is 52.4 Å². The lowest BCUT2D eigenvalue weighted by Crippen LogP contribution is -2.35. The van der Waals surface area contributed by atoms with E-state index in [0.29, 0.717) is 39.2 Å². The molecule has 2 aliphatic heterocycles. The largest absolute Gasteiger partial charge is 0.507 e. The molecule has 0 saturated heterocycles. The molecule has 0 unspecified atom stereocenters. The molecule has 8 rings (SSSR count). The second-order valence-electron chi connectivity index (χ2n) is 13.1. The number of hydrogen-bond donors (Lipinski definition) is 2. The molecule has 14 nitrogen and oxygen atoms in total. The van der Waals surface area contributed by atoms with Gasteiger partial charge in [0.1, 0.15) is 42.4 Å². The number of anilines is 2. The van der Waals surface area contributed by atoms with E-state index in [0.717, 1.165) is 10.5 Å². The Morgan fingerprint density at radius 2 is 1.07 bits per heavy atom. The minimum Gasteiger partial charge on any atom is -0.507 e. The van der Waals surface area contributed by atoms with Crippen LogP contribution in [0.1, 0.15) is 68.5 Å². The molecule has 0 aromatic heterocycles. The van der Waals surface area contributed by atoms with Gasteiger partial charge in [0, 0.05) is 5.56 Å². The van der Waals surface area contributed by atoms with Crippen molar-refractivity contribution in [1.82, 2.24) is 0 Å². The quantitative estimate of drug-likeness (QED) is 0.0783. The molecule has 58 heavy (non-hydrogen) atoms. The predicted molar refractivity (Wildman–Crippen MR) is 207 cm³/mol. The summed E-state index contributed by atoms with van der Waals surface area (Å²) in [6.45, 7) is -0.196. The van der Waals surface area contributed by atoms with E-state index in [9.17, 15) is 34.2 Å². The second-order valence-corrected chi connectivity index (χ2v) is 13.1. The lowest BCUT2D eigenvalue weighted by molar-refractivity contribution is 0.0459. The molecule has 0 fully saturated rings. The van der Waals surface area contributed by atoms with Crippen LogP contribution in [0.25, 0.3) is 0 Å². The summed E-state index contributed by atoms with van der Waals surface area (Å²) in [6, 6.07) is 34.8. The van der Waals surface area contributed by atoms with Crippen molar-refractivity contribution in [3.05, 3.63) is 178 Å². The summed E-state index contributed by atoms with van der Waals surface area (Å²) in [5.74, 6) is -3.68.